The summed E-state index contributed by atoms with van der Waals surface area (Å²) >= 11 is 0. The van der Waals surface area contributed by atoms with Crippen LogP contribution in [-0.4, -0.2) is 32.7 Å². The van der Waals surface area contributed by atoms with Gasteiger partial charge in [0.05, 0.1) is 0 Å². The SMILES string of the molecule is O=S(=O)(Cc1noc2ccccc12)NCCNC1CCCCCC1. The van der Waals surface area contributed by atoms with E-state index in [0.29, 0.717) is 30.4 Å². The molecule has 0 aliphatic heterocycles. The van der Waals surface area contributed by atoms with Crippen molar-refractivity contribution in [3.05, 3.63) is 30.0 Å². The molecular weight excluding hydrogens is 326 g/mol. The Labute approximate surface area is 143 Å². The van der Waals surface area contributed by atoms with E-state index in [4.69, 9.17) is 4.52 Å². The predicted octanol–water partition coefficient (Wildman–Crippen LogP) is 2.56. The van der Waals surface area contributed by atoms with E-state index in [1.807, 2.05) is 18.2 Å². The zero-order valence-corrected chi connectivity index (χ0v) is 14.6. The molecule has 1 aliphatic rings. The lowest BCUT2D eigenvalue weighted by atomic mass is 10.1. The molecule has 1 heterocycles. The number of rotatable bonds is 7. The number of nitrogens with zero attached hydrogens (tertiary/aromatic N) is 1. The van der Waals surface area contributed by atoms with Crippen molar-refractivity contribution in [1.82, 2.24) is 15.2 Å². The Morgan fingerprint density at radius 1 is 1.08 bits per heavy atom. The third-order valence-corrected chi connectivity index (χ3v) is 5.81. The maximum Gasteiger partial charge on any atom is 0.217 e. The van der Waals surface area contributed by atoms with Crippen molar-refractivity contribution in [3.8, 4) is 0 Å². The summed E-state index contributed by atoms with van der Waals surface area (Å²) in [5.41, 5.74) is 1.06. The quantitative estimate of drug-likeness (QED) is 0.592. The fraction of sp³-hybridized carbons (Fsp3) is 0.588. The molecule has 1 aliphatic carbocycles. The van der Waals surface area contributed by atoms with E-state index in [1.165, 1.54) is 38.5 Å². The molecule has 3 rings (SSSR count). The second-order valence-corrected chi connectivity index (χ2v) is 8.23. The predicted molar refractivity (Wildman–Crippen MR) is 94.1 cm³/mol. The molecule has 1 fully saturated rings. The zero-order valence-electron chi connectivity index (χ0n) is 13.8. The largest absolute Gasteiger partial charge is 0.356 e. The van der Waals surface area contributed by atoms with Gasteiger partial charge in [-0.15, -0.1) is 0 Å². The first kappa shape index (κ1) is 17.4. The molecule has 1 aromatic carbocycles. The number of nitrogens with one attached hydrogen (secondary N) is 2. The van der Waals surface area contributed by atoms with E-state index in [-0.39, 0.29) is 5.75 Å². The molecule has 132 valence electrons. The van der Waals surface area contributed by atoms with E-state index in [0.717, 1.165) is 5.39 Å². The van der Waals surface area contributed by atoms with Gasteiger partial charge in [0.15, 0.2) is 5.58 Å². The second-order valence-electron chi connectivity index (χ2n) is 6.42. The molecular formula is C17H25N3O3S. The molecule has 0 unspecified atom stereocenters. The lowest BCUT2D eigenvalue weighted by molar-refractivity contribution is 0.448. The first-order valence-electron chi connectivity index (χ1n) is 8.68. The molecule has 0 amide bonds. The van der Waals surface area contributed by atoms with Gasteiger partial charge in [-0.2, -0.15) is 0 Å². The standard InChI is InChI=1S/C17H25N3O3S/c21-24(22,13-16-15-9-5-6-10-17(15)23-20-16)19-12-11-18-14-7-3-1-2-4-8-14/h5-6,9-10,14,18-19H,1-4,7-8,11-13H2. The molecule has 0 atom stereocenters. The fourth-order valence-corrected chi connectivity index (χ4v) is 4.32. The Bertz CT molecular complexity index is 749. The summed E-state index contributed by atoms with van der Waals surface area (Å²) in [6.07, 6.45) is 7.55. The summed E-state index contributed by atoms with van der Waals surface area (Å²) in [5, 5.41) is 8.09. The number of sulfonamides is 1. The average molecular weight is 351 g/mol. The van der Waals surface area contributed by atoms with Crippen LogP contribution >= 0.6 is 0 Å². The highest BCUT2D eigenvalue weighted by atomic mass is 32.2. The van der Waals surface area contributed by atoms with Crippen molar-refractivity contribution in [2.75, 3.05) is 13.1 Å². The molecule has 7 heteroatoms. The third-order valence-electron chi connectivity index (χ3n) is 4.51. The lowest BCUT2D eigenvalue weighted by Crippen LogP contribution is -2.37. The van der Waals surface area contributed by atoms with E-state index in [1.54, 1.807) is 6.07 Å². The summed E-state index contributed by atoms with van der Waals surface area (Å²) in [5.74, 6) is -0.159. The molecule has 1 saturated carbocycles. The van der Waals surface area contributed by atoms with Crippen molar-refractivity contribution in [2.24, 2.45) is 0 Å². The van der Waals surface area contributed by atoms with Crippen LogP contribution in [0.2, 0.25) is 0 Å². The topological polar surface area (TPSA) is 84.2 Å². The number of benzene rings is 1. The van der Waals surface area contributed by atoms with Crippen LogP contribution in [0.25, 0.3) is 11.0 Å². The van der Waals surface area contributed by atoms with E-state index in [9.17, 15) is 8.42 Å². The van der Waals surface area contributed by atoms with Crippen LogP contribution in [0.15, 0.2) is 28.8 Å². The van der Waals surface area contributed by atoms with Crippen molar-refractivity contribution >= 4 is 21.0 Å². The Morgan fingerprint density at radius 3 is 2.62 bits per heavy atom. The van der Waals surface area contributed by atoms with Crippen LogP contribution in [0.4, 0.5) is 0 Å². The van der Waals surface area contributed by atoms with Crippen LogP contribution in [0.1, 0.15) is 44.2 Å². The molecule has 2 aromatic rings. The minimum absolute atomic E-state index is 0.159. The molecule has 24 heavy (non-hydrogen) atoms. The number of aromatic nitrogens is 1. The Hall–Kier alpha value is -1.44. The Balaban J connectivity index is 1.47. The summed E-state index contributed by atoms with van der Waals surface area (Å²) in [6, 6.07) is 7.81. The number of para-hydroxylation sites is 1. The van der Waals surface area contributed by atoms with Crippen LogP contribution in [0.5, 0.6) is 0 Å². The zero-order chi connectivity index (χ0) is 16.8. The third kappa shape index (κ3) is 4.78. The molecule has 2 N–H and O–H groups in total. The van der Waals surface area contributed by atoms with Gasteiger partial charge in [0.1, 0.15) is 11.4 Å². The Kier molecular flexibility index (Phi) is 5.86. The molecule has 0 spiro atoms. The van der Waals surface area contributed by atoms with E-state index in [2.05, 4.69) is 15.2 Å². The normalized spacial score (nSPS) is 17.2. The van der Waals surface area contributed by atoms with Crippen molar-refractivity contribution in [2.45, 2.75) is 50.3 Å². The van der Waals surface area contributed by atoms with Gasteiger partial charge >= 0.3 is 0 Å². The van der Waals surface area contributed by atoms with Gasteiger partial charge < -0.3 is 9.84 Å². The fourth-order valence-electron chi connectivity index (χ4n) is 3.24. The minimum atomic E-state index is -3.42. The highest BCUT2D eigenvalue weighted by molar-refractivity contribution is 7.88. The maximum absolute atomic E-state index is 12.2. The summed E-state index contributed by atoms with van der Waals surface area (Å²) in [7, 11) is -3.42. The monoisotopic (exact) mass is 351 g/mol. The number of hydrogen-bond acceptors (Lipinski definition) is 5. The van der Waals surface area contributed by atoms with Crippen LogP contribution in [0, 0.1) is 0 Å². The minimum Gasteiger partial charge on any atom is -0.356 e. The lowest BCUT2D eigenvalue weighted by Gasteiger charge is -2.16. The molecule has 0 radical (unpaired) electrons. The van der Waals surface area contributed by atoms with Crippen LogP contribution in [-0.2, 0) is 15.8 Å². The average Bonchev–Trinajstić information content (AvgIpc) is 2.79. The van der Waals surface area contributed by atoms with Gasteiger partial charge in [0, 0.05) is 24.5 Å². The first-order valence-corrected chi connectivity index (χ1v) is 10.3. The van der Waals surface area contributed by atoms with Gasteiger partial charge in [-0.05, 0) is 25.0 Å². The summed E-state index contributed by atoms with van der Waals surface area (Å²) in [6.45, 7) is 1.05. The highest BCUT2D eigenvalue weighted by Gasteiger charge is 2.17. The molecule has 6 nitrogen and oxygen atoms in total. The first-order chi connectivity index (χ1) is 11.6. The second kappa shape index (κ2) is 8.09. The summed E-state index contributed by atoms with van der Waals surface area (Å²) < 4.78 is 32.3. The van der Waals surface area contributed by atoms with Crippen LogP contribution in [0.3, 0.4) is 0 Å². The molecule has 1 aromatic heterocycles. The molecule has 0 bridgehead atoms. The van der Waals surface area contributed by atoms with Gasteiger partial charge in [-0.3, -0.25) is 0 Å². The van der Waals surface area contributed by atoms with Crippen molar-refractivity contribution in [1.29, 1.82) is 0 Å². The van der Waals surface area contributed by atoms with Gasteiger partial charge in [-0.25, -0.2) is 13.1 Å². The smallest absolute Gasteiger partial charge is 0.217 e. The van der Waals surface area contributed by atoms with E-state index >= 15 is 0 Å². The summed E-state index contributed by atoms with van der Waals surface area (Å²) in [4.78, 5) is 0. The van der Waals surface area contributed by atoms with Gasteiger partial charge in [0.25, 0.3) is 0 Å². The van der Waals surface area contributed by atoms with Crippen molar-refractivity contribution in [3.63, 3.8) is 0 Å². The van der Waals surface area contributed by atoms with Gasteiger partial charge in [-0.1, -0.05) is 43.0 Å². The van der Waals surface area contributed by atoms with E-state index < -0.39 is 10.0 Å². The van der Waals surface area contributed by atoms with Crippen molar-refractivity contribution < 1.29 is 12.9 Å². The number of hydrogen-bond donors (Lipinski definition) is 2. The van der Waals surface area contributed by atoms with Gasteiger partial charge in [0.2, 0.25) is 10.0 Å². The molecule has 0 saturated heterocycles. The number of fused-ring (bicyclic) bond motifs is 1. The Morgan fingerprint density at radius 2 is 1.83 bits per heavy atom. The van der Waals surface area contributed by atoms with Crippen LogP contribution < -0.4 is 10.0 Å². The highest BCUT2D eigenvalue weighted by Crippen LogP contribution is 2.19. The maximum atomic E-state index is 12.2.